The Kier molecular flexibility index (Phi) is 7.13. The first-order valence-electron chi connectivity index (χ1n) is 7.60. The molecule has 0 aromatic heterocycles. The Morgan fingerprint density at radius 1 is 1.10 bits per heavy atom. The highest BCUT2D eigenvalue weighted by Crippen LogP contribution is 2.18. The van der Waals surface area contributed by atoms with Crippen molar-refractivity contribution in [2.75, 3.05) is 12.3 Å². The lowest BCUT2D eigenvalue weighted by molar-refractivity contribution is 0.0497. The van der Waals surface area contributed by atoms with E-state index in [0.717, 1.165) is 24.0 Å². The maximum Gasteiger partial charge on any atom is 0.338 e. The van der Waals surface area contributed by atoms with E-state index in [1.807, 2.05) is 19.9 Å². The minimum Gasteiger partial charge on any atom is -0.462 e. The lowest BCUT2D eigenvalue weighted by Crippen LogP contribution is -2.10. The second kappa shape index (κ2) is 8.62. The normalized spacial score (nSPS) is 10.6. The number of anilines is 1. The molecule has 0 bridgehead atoms. The first-order chi connectivity index (χ1) is 9.56. The minimum absolute atomic E-state index is 0.258. The van der Waals surface area contributed by atoms with Gasteiger partial charge in [0.2, 0.25) is 0 Å². The van der Waals surface area contributed by atoms with Gasteiger partial charge in [-0.15, -0.1) is 0 Å². The van der Waals surface area contributed by atoms with Gasteiger partial charge in [0.05, 0.1) is 12.2 Å². The molecular formula is C17H27NO2. The zero-order valence-electron chi connectivity index (χ0n) is 13.0. The fourth-order valence-electron chi connectivity index (χ4n) is 2.22. The lowest BCUT2D eigenvalue weighted by Gasteiger charge is -2.10. The molecule has 3 heteroatoms. The van der Waals surface area contributed by atoms with Crippen molar-refractivity contribution >= 4 is 11.7 Å². The summed E-state index contributed by atoms with van der Waals surface area (Å²) in [5.74, 6) is -0.258. The van der Waals surface area contributed by atoms with Crippen LogP contribution in [0.3, 0.4) is 0 Å². The summed E-state index contributed by atoms with van der Waals surface area (Å²) in [6.45, 7) is 6.59. The Morgan fingerprint density at radius 2 is 1.75 bits per heavy atom. The van der Waals surface area contributed by atoms with Gasteiger partial charge >= 0.3 is 5.97 Å². The van der Waals surface area contributed by atoms with Crippen LogP contribution in [0.1, 0.15) is 66.9 Å². The van der Waals surface area contributed by atoms with Crippen LogP contribution in [-0.4, -0.2) is 12.6 Å². The molecular weight excluding hydrogens is 250 g/mol. The van der Waals surface area contributed by atoms with Crippen LogP contribution in [0.25, 0.3) is 0 Å². The van der Waals surface area contributed by atoms with Crippen molar-refractivity contribution in [1.82, 2.24) is 0 Å². The third kappa shape index (κ3) is 5.24. The Balaban J connectivity index is 2.36. The van der Waals surface area contributed by atoms with Crippen molar-refractivity contribution in [2.24, 2.45) is 0 Å². The van der Waals surface area contributed by atoms with Crippen LogP contribution in [0.5, 0.6) is 0 Å². The largest absolute Gasteiger partial charge is 0.462 e. The fraction of sp³-hybridized carbons (Fsp3) is 0.588. The monoisotopic (exact) mass is 277 g/mol. The van der Waals surface area contributed by atoms with Gasteiger partial charge in [0, 0.05) is 5.69 Å². The first-order valence-corrected chi connectivity index (χ1v) is 7.60. The number of rotatable bonds is 8. The summed E-state index contributed by atoms with van der Waals surface area (Å²) in [5, 5.41) is 0. The Hall–Kier alpha value is -1.51. The molecule has 0 radical (unpaired) electrons. The molecule has 0 saturated heterocycles. The molecule has 0 atom stereocenters. The molecule has 0 unspecified atom stereocenters. The van der Waals surface area contributed by atoms with Crippen LogP contribution in [-0.2, 0) is 4.74 Å². The quantitative estimate of drug-likeness (QED) is 0.435. The molecule has 0 spiro atoms. The van der Waals surface area contributed by atoms with Crippen LogP contribution in [0.15, 0.2) is 12.1 Å². The molecule has 3 nitrogen and oxygen atoms in total. The Morgan fingerprint density at radius 3 is 2.45 bits per heavy atom. The molecule has 2 N–H and O–H groups in total. The third-order valence-electron chi connectivity index (χ3n) is 3.64. The molecule has 0 aliphatic carbocycles. The molecule has 0 amide bonds. The molecule has 0 aliphatic heterocycles. The molecule has 1 aromatic carbocycles. The van der Waals surface area contributed by atoms with E-state index in [9.17, 15) is 4.79 Å². The van der Waals surface area contributed by atoms with E-state index in [-0.39, 0.29) is 5.97 Å². The van der Waals surface area contributed by atoms with Crippen molar-refractivity contribution in [3.05, 3.63) is 28.8 Å². The lowest BCUT2D eigenvalue weighted by atomic mass is 10.0. The van der Waals surface area contributed by atoms with Crippen LogP contribution in [0.4, 0.5) is 5.69 Å². The van der Waals surface area contributed by atoms with Crippen molar-refractivity contribution in [3.63, 3.8) is 0 Å². The summed E-state index contributed by atoms with van der Waals surface area (Å²) in [6.07, 6.45) is 7.11. The van der Waals surface area contributed by atoms with Crippen molar-refractivity contribution in [2.45, 2.75) is 59.3 Å². The van der Waals surface area contributed by atoms with Gasteiger partial charge in [0.25, 0.3) is 0 Å². The number of hydrogen-bond donors (Lipinski definition) is 1. The average molecular weight is 277 g/mol. The first kappa shape index (κ1) is 16.5. The number of carbonyl (C=O) groups excluding carboxylic acids is 1. The number of nitrogen functional groups attached to an aromatic ring is 1. The Labute approximate surface area is 122 Å². The van der Waals surface area contributed by atoms with Crippen molar-refractivity contribution in [1.29, 1.82) is 0 Å². The maximum atomic E-state index is 12.0. The summed E-state index contributed by atoms with van der Waals surface area (Å²) in [4.78, 5) is 12.0. The number of aryl methyl sites for hydroxylation is 1. The van der Waals surface area contributed by atoms with E-state index >= 15 is 0 Å². The third-order valence-corrected chi connectivity index (χ3v) is 3.64. The number of unbranched alkanes of at least 4 members (excludes halogenated alkanes) is 5. The van der Waals surface area contributed by atoms with Gasteiger partial charge in [0.1, 0.15) is 0 Å². The molecule has 1 rings (SSSR count). The van der Waals surface area contributed by atoms with E-state index in [2.05, 4.69) is 6.92 Å². The van der Waals surface area contributed by atoms with Crippen molar-refractivity contribution < 1.29 is 9.53 Å². The van der Waals surface area contributed by atoms with E-state index < -0.39 is 0 Å². The molecule has 1 aromatic rings. The van der Waals surface area contributed by atoms with Gasteiger partial charge in [-0.25, -0.2) is 4.79 Å². The fourth-order valence-corrected chi connectivity index (χ4v) is 2.22. The standard InChI is InChI=1S/C17H27NO2/c1-4-5-6-7-8-9-10-20-17(19)16-12-15(18)11-13(2)14(16)3/h11-12H,4-10,18H2,1-3H3. The summed E-state index contributed by atoms with van der Waals surface area (Å²) in [7, 11) is 0. The summed E-state index contributed by atoms with van der Waals surface area (Å²) < 4.78 is 5.33. The van der Waals surface area contributed by atoms with Crippen LogP contribution < -0.4 is 5.73 Å². The number of esters is 1. The Bertz CT molecular complexity index is 441. The number of carbonyl (C=O) groups is 1. The highest BCUT2D eigenvalue weighted by atomic mass is 16.5. The number of nitrogens with two attached hydrogens (primary N) is 1. The number of hydrogen-bond acceptors (Lipinski definition) is 3. The SMILES string of the molecule is CCCCCCCCOC(=O)c1cc(N)cc(C)c1C. The molecule has 112 valence electrons. The number of ether oxygens (including phenoxy) is 1. The highest BCUT2D eigenvalue weighted by molar-refractivity contribution is 5.92. The average Bonchev–Trinajstić information content (AvgIpc) is 2.41. The summed E-state index contributed by atoms with van der Waals surface area (Å²) >= 11 is 0. The molecule has 0 aliphatic rings. The van der Waals surface area contributed by atoms with Gasteiger partial charge in [-0.3, -0.25) is 0 Å². The zero-order valence-corrected chi connectivity index (χ0v) is 13.0. The van der Waals surface area contributed by atoms with Gasteiger partial charge in [-0.05, 0) is 43.5 Å². The smallest absolute Gasteiger partial charge is 0.338 e. The molecule has 0 fully saturated rings. The second-order valence-electron chi connectivity index (χ2n) is 5.41. The molecule has 20 heavy (non-hydrogen) atoms. The van der Waals surface area contributed by atoms with E-state index in [1.165, 1.54) is 25.7 Å². The van der Waals surface area contributed by atoms with Crippen LogP contribution in [0.2, 0.25) is 0 Å². The summed E-state index contributed by atoms with van der Waals surface area (Å²) in [6, 6.07) is 3.58. The number of benzene rings is 1. The van der Waals surface area contributed by atoms with E-state index in [1.54, 1.807) is 6.07 Å². The van der Waals surface area contributed by atoms with Gasteiger partial charge in [0.15, 0.2) is 0 Å². The van der Waals surface area contributed by atoms with Gasteiger partial charge in [-0.2, -0.15) is 0 Å². The van der Waals surface area contributed by atoms with Crippen molar-refractivity contribution in [3.8, 4) is 0 Å². The minimum atomic E-state index is -0.258. The predicted molar refractivity (Wildman–Crippen MR) is 84.0 cm³/mol. The van der Waals surface area contributed by atoms with Crippen LogP contribution in [0, 0.1) is 13.8 Å². The topological polar surface area (TPSA) is 52.3 Å². The van der Waals surface area contributed by atoms with E-state index in [0.29, 0.717) is 17.9 Å². The molecule has 0 heterocycles. The molecule has 0 saturated carbocycles. The predicted octanol–water partition coefficient (Wildman–Crippen LogP) is 4.40. The highest BCUT2D eigenvalue weighted by Gasteiger charge is 2.12. The summed E-state index contributed by atoms with van der Waals surface area (Å²) in [5.41, 5.74) is 8.96. The van der Waals surface area contributed by atoms with E-state index in [4.69, 9.17) is 10.5 Å². The van der Waals surface area contributed by atoms with Gasteiger partial charge < -0.3 is 10.5 Å². The zero-order chi connectivity index (χ0) is 15.0. The van der Waals surface area contributed by atoms with Gasteiger partial charge in [-0.1, -0.05) is 39.0 Å². The van der Waals surface area contributed by atoms with Crippen LogP contribution >= 0.6 is 0 Å². The second-order valence-corrected chi connectivity index (χ2v) is 5.41. The maximum absolute atomic E-state index is 12.0.